The number of rotatable bonds is 3. The molecule has 92 valence electrons. The van der Waals surface area contributed by atoms with E-state index in [-0.39, 0.29) is 5.91 Å². The minimum atomic E-state index is -0.0978. The van der Waals surface area contributed by atoms with Crippen molar-refractivity contribution in [1.82, 2.24) is 4.98 Å². The molecule has 0 unspecified atom stereocenters. The number of aromatic nitrogens is 1. The van der Waals surface area contributed by atoms with Crippen molar-refractivity contribution in [3.63, 3.8) is 0 Å². The van der Waals surface area contributed by atoms with Gasteiger partial charge in [0.15, 0.2) is 0 Å². The summed E-state index contributed by atoms with van der Waals surface area (Å²) >= 11 is 3.36. The summed E-state index contributed by atoms with van der Waals surface area (Å²) in [6.45, 7) is 2.04. The molecule has 0 aliphatic carbocycles. The van der Waals surface area contributed by atoms with Crippen molar-refractivity contribution in [2.75, 3.05) is 5.32 Å². The molecule has 0 saturated heterocycles. The molecule has 2 rings (SSSR count). The van der Waals surface area contributed by atoms with Gasteiger partial charge < -0.3 is 5.32 Å². The van der Waals surface area contributed by atoms with Crippen LogP contribution in [0, 0.1) is 0 Å². The molecule has 1 heterocycles. The van der Waals surface area contributed by atoms with Crippen LogP contribution in [0.3, 0.4) is 0 Å². The summed E-state index contributed by atoms with van der Waals surface area (Å²) in [6, 6.07) is 9.38. The summed E-state index contributed by atoms with van der Waals surface area (Å²) < 4.78 is 0.771. The van der Waals surface area contributed by atoms with Crippen molar-refractivity contribution in [2.24, 2.45) is 0 Å². The minimum Gasteiger partial charge on any atom is -0.321 e. The molecule has 3 nitrogen and oxygen atoms in total. The number of carbonyl (C=O) groups excluding carboxylic acids is 1. The Hall–Kier alpha value is -1.68. The van der Waals surface area contributed by atoms with Gasteiger partial charge in [-0.3, -0.25) is 9.78 Å². The fourth-order valence-corrected chi connectivity index (χ4v) is 2.07. The van der Waals surface area contributed by atoms with E-state index < -0.39 is 0 Å². The van der Waals surface area contributed by atoms with Gasteiger partial charge in [-0.1, -0.05) is 25.1 Å². The summed E-state index contributed by atoms with van der Waals surface area (Å²) in [5.41, 5.74) is 2.48. The smallest absolute Gasteiger partial charge is 0.255 e. The molecular weight excluding hydrogens is 292 g/mol. The number of aryl methyl sites for hydroxylation is 1. The van der Waals surface area contributed by atoms with Gasteiger partial charge >= 0.3 is 0 Å². The van der Waals surface area contributed by atoms with Gasteiger partial charge in [-0.2, -0.15) is 0 Å². The van der Waals surface area contributed by atoms with E-state index in [4.69, 9.17) is 0 Å². The Kier molecular flexibility index (Phi) is 4.10. The quantitative estimate of drug-likeness (QED) is 0.940. The maximum Gasteiger partial charge on any atom is 0.255 e. The van der Waals surface area contributed by atoms with E-state index >= 15 is 0 Å². The molecule has 0 saturated carbocycles. The zero-order chi connectivity index (χ0) is 13.0. The van der Waals surface area contributed by atoms with Crippen LogP contribution in [0.15, 0.2) is 47.2 Å². The van der Waals surface area contributed by atoms with E-state index in [0.29, 0.717) is 5.56 Å². The summed E-state index contributed by atoms with van der Waals surface area (Å²) in [6.07, 6.45) is 4.13. The largest absolute Gasteiger partial charge is 0.321 e. The minimum absolute atomic E-state index is 0.0978. The second-order valence-electron chi connectivity index (χ2n) is 3.82. The summed E-state index contributed by atoms with van der Waals surface area (Å²) in [5, 5.41) is 2.88. The van der Waals surface area contributed by atoms with Crippen molar-refractivity contribution in [3.8, 4) is 0 Å². The molecule has 0 aliphatic heterocycles. The SMILES string of the molecule is CCc1ccccc1C(=O)Nc1ccncc1Br. The summed E-state index contributed by atoms with van der Waals surface area (Å²) in [7, 11) is 0. The highest BCUT2D eigenvalue weighted by Crippen LogP contribution is 2.21. The summed E-state index contributed by atoms with van der Waals surface area (Å²) in [4.78, 5) is 16.2. The maximum atomic E-state index is 12.2. The normalized spacial score (nSPS) is 10.1. The van der Waals surface area contributed by atoms with Crippen LogP contribution >= 0.6 is 15.9 Å². The van der Waals surface area contributed by atoms with E-state index in [9.17, 15) is 4.79 Å². The first-order valence-electron chi connectivity index (χ1n) is 5.71. The lowest BCUT2D eigenvalue weighted by Crippen LogP contribution is -2.14. The third kappa shape index (κ3) is 2.76. The third-order valence-electron chi connectivity index (χ3n) is 2.66. The molecule has 1 aromatic carbocycles. The highest BCUT2D eigenvalue weighted by atomic mass is 79.9. The van der Waals surface area contributed by atoms with Crippen LogP contribution in [-0.2, 0) is 6.42 Å². The molecular formula is C14H13BrN2O. The van der Waals surface area contributed by atoms with Crippen LogP contribution in [0.1, 0.15) is 22.8 Å². The van der Waals surface area contributed by atoms with Gasteiger partial charge in [-0.15, -0.1) is 0 Å². The monoisotopic (exact) mass is 304 g/mol. The summed E-state index contributed by atoms with van der Waals surface area (Å²) in [5.74, 6) is -0.0978. The first-order valence-corrected chi connectivity index (χ1v) is 6.50. The van der Waals surface area contributed by atoms with Crippen molar-refractivity contribution >= 4 is 27.5 Å². The number of benzene rings is 1. The Morgan fingerprint density at radius 1 is 1.33 bits per heavy atom. The lowest BCUT2D eigenvalue weighted by molar-refractivity contribution is 0.102. The molecule has 1 aromatic heterocycles. The number of pyridine rings is 1. The Labute approximate surface area is 114 Å². The van der Waals surface area contributed by atoms with Gasteiger partial charge in [-0.05, 0) is 40.0 Å². The highest BCUT2D eigenvalue weighted by molar-refractivity contribution is 9.10. The van der Waals surface area contributed by atoms with Crippen LogP contribution in [0.4, 0.5) is 5.69 Å². The average molecular weight is 305 g/mol. The Balaban J connectivity index is 2.25. The van der Waals surface area contributed by atoms with E-state index in [1.165, 1.54) is 0 Å². The van der Waals surface area contributed by atoms with Gasteiger partial charge in [0, 0.05) is 18.0 Å². The molecule has 4 heteroatoms. The van der Waals surface area contributed by atoms with Gasteiger partial charge in [0.25, 0.3) is 5.91 Å². The first kappa shape index (κ1) is 12.8. The lowest BCUT2D eigenvalue weighted by Gasteiger charge is -2.09. The van der Waals surface area contributed by atoms with E-state index in [2.05, 4.69) is 26.2 Å². The number of carbonyl (C=O) groups is 1. The Bertz CT molecular complexity index is 569. The van der Waals surface area contributed by atoms with Crippen molar-refractivity contribution in [3.05, 3.63) is 58.3 Å². The molecule has 18 heavy (non-hydrogen) atoms. The number of nitrogens with one attached hydrogen (secondary N) is 1. The van der Waals surface area contributed by atoms with Gasteiger partial charge in [0.05, 0.1) is 10.2 Å². The van der Waals surface area contributed by atoms with Crippen molar-refractivity contribution in [1.29, 1.82) is 0 Å². The second kappa shape index (κ2) is 5.78. The van der Waals surface area contributed by atoms with E-state index in [0.717, 1.165) is 22.1 Å². The van der Waals surface area contributed by atoms with E-state index in [1.54, 1.807) is 18.5 Å². The molecule has 0 fully saturated rings. The topological polar surface area (TPSA) is 42.0 Å². The van der Waals surface area contributed by atoms with Gasteiger partial charge in [-0.25, -0.2) is 0 Å². The highest BCUT2D eigenvalue weighted by Gasteiger charge is 2.11. The van der Waals surface area contributed by atoms with Crippen molar-refractivity contribution in [2.45, 2.75) is 13.3 Å². The molecule has 1 N–H and O–H groups in total. The van der Waals surface area contributed by atoms with Gasteiger partial charge in [0.1, 0.15) is 0 Å². The zero-order valence-electron chi connectivity index (χ0n) is 9.98. The predicted molar refractivity (Wildman–Crippen MR) is 75.7 cm³/mol. The molecule has 0 atom stereocenters. The third-order valence-corrected chi connectivity index (χ3v) is 3.30. The first-order chi connectivity index (χ1) is 8.72. The van der Waals surface area contributed by atoms with Crippen LogP contribution in [0.5, 0.6) is 0 Å². The maximum absolute atomic E-state index is 12.2. The lowest BCUT2D eigenvalue weighted by atomic mass is 10.0. The molecule has 1 amide bonds. The van der Waals surface area contributed by atoms with E-state index in [1.807, 2.05) is 31.2 Å². The Morgan fingerprint density at radius 3 is 2.83 bits per heavy atom. The molecule has 2 aromatic rings. The number of amides is 1. The number of hydrogen-bond donors (Lipinski definition) is 1. The fraction of sp³-hybridized carbons (Fsp3) is 0.143. The number of anilines is 1. The molecule has 0 bridgehead atoms. The average Bonchev–Trinajstić information content (AvgIpc) is 2.41. The van der Waals surface area contributed by atoms with Crippen LogP contribution in [0.25, 0.3) is 0 Å². The van der Waals surface area contributed by atoms with Crippen LogP contribution < -0.4 is 5.32 Å². The number of halogens is 1. The molecule has 0 spiro atoms. The Morgan fingerprint density at radius 2 is 2.11 bits per heavy atom. The second-order valence-corrected chi connectivity index (χ2v) is 4.67. The number of nitrogens with zero attached hydrogens (tertiary/aromatic N) is 1. The van der Waals surface area contributed by atoms with Gasteiger partial charge in [0.2, 0.25) is 0 Å². The predicted octanol–water partition coefficient (Wildman–Crippen LogP) is 3.66. The zero-order valence-corrected chi connectivity index (χ0v) is 11.6. The van der Waals surface area contributed by atoms with Crippen molar-refractivity contribution < 1.29 is 4.79 Å². The standard InChI is InChI=1S/C14H13BrN2O/c1-2-10-5-3-4-6-11(10)14(18)17-13-7-8-16-9-12(13)15/h3-9H,2H2,1H3,(H,16,17,18). The fourth-order valence-electron chi connectivity index (χ4n) is 1.72. The molecule has 0 aliphatic rings. The van der Waals surface area contributed by atoms with Crippen LogP contribution in [-0.4, -0.2) is 10.9 Å². The number of hydrogen-bond acceptors (Lipinski definition) is 2. The molecule has 0 radical (unpaired) electrons. The van der Waals surface area contributed by atoms with Crippen LogP contribution in [0.2, 0.25) is 0 Å².